The zero-order chi connectivity index (χ0) is 23.1. The third-order valence-corrected chi connectivity index (χ3v) is 8.49. The molecule has 4 heterocycles. The Balaban J connectivity index is 1.32. The first kappa shape index (κ1) is 21.9. The lowest BCUT2D eigenvalue weighted by Crippen LogP contribution is -2.29. The molecule has 0 saturated carbocycles. The van der Waals surface area contributed by atoms with E-state index in [1.807, 2.05) is 0 Å². The van der Waals surface area contributed by atoms with E-state index in [0.717, 1.165) is 48.9 Å². The first-order valence-corrected chi connectivity index (χ1v) is 13.3. The van der Waals surface area contributed by atoms with Gasteiger partial charge in [0.1, 0.15) is 10.6 Å². The maximum absolute atomic E-state index is 13.7. The summed E-state index contributed by atoms with van der Waals surface area (Å²) in [5.41, 5.74) is 1.91. The van der Waals surface area contributed by atoms with Crippen LogP contribution in [0.3, 0.4) is 0 Å². The topological polar surface area (TPSA) is 83.0 Å². The van der Waals surface area contributed by atoms with Crippen LogP contribution in [0.1, 0.15) is 42.0 Å². The Labute approximate surface area is 203 Å². The highest BCUT2D eigenvalue weighted by atomic mass is 32.2. The van der Waals surface area contributed by atoms with Crippen LogP contribution in [0.5, 0.6) is 0 Å². The van der Waals surface area contributed by atoms with Gasteiger partial charge in [0.2, 0.25) is 11.7 Å². The van der Waals surface area contributed by atoms with Gasteiger partial charge in [-0.1, -0.05) is 16.9 Å². The SMILES string of the molecule is O=c1c2c3c(sc2nc(SCc2nc(-c4ccc(F)cc4)no2)n1CC1CCCO1)CCCC3. The minimum absolute atomic E-state index is 0.0271. The molecule has 0 N–H and O–H groups in total. The van der Waals surface area contributed by atoms with Crippen LogP contribution in [0, 0.1) is 5.82 Å². The molecular weight excluding hydrogens is 475 g/mol. The molecule has 3 aromatic heterocycles. The van der Waals surface area contributed by atoms with Gasteiger partial charge in [0.25, 0.3) is 5.56 Å². The fourth-order valence-electron chi connectivity index (χ4n) is 4.64. The Bertz CT molecular complexity index is 1390. The van der Waals surface area contributed by atoms with Crippen molar-refractivity contribution < 1.29 is 13.7 Å². The molecule has 2 aliphatic rings. The largest absolute Gasteiger partial charge is 0.376 e. The van der Waals surface area contributed by atoms with Gasteiger partial charge in [-0.25, -0.2) is 9.37 Å². The lowest BCUT2D eigenvalue weighted by atomic mass is 9.97. The number of aromatic nitrogens is 4. The summed E-state index contributed by atoms with van der Waals surface area (Å²) in [5, 5.41) is 5.45. The van der Waals surface area contributed by atoms with Gasteiger partial charge in [0, 0.05) is 17.0 Å². The summed E-state index contributed by atoms with van der Waals surface area (Å²) in [5.74, 6) is 0.890. The fraction of sp³-hybridized carbons (Fsp3) is 0.417. The number of hydrogen-bond donors (Lipinski definition) is 0. The van der Waals surface area contributed by atoms with Crippen molar-refractivity contribution in [2.24, 2.45) is 0 Å². The van der Waals surface area contributed by atoms with Crippen LogP contribution in [0.15, 0.2) is 38.7 Å². The number of fused-ring (bicyclic) bond motifs is 3. The molecule has 7 nitrogen and oxygen atoms in total. The van der Waals surface area contributed by atoms with Crippen LogP contribution < -0.4 is 5.56 Å². The summed E-state index contributed by atoms with van der Waals surface area (Å²) in [4.78, 5) is 25.2. The first-order chi connectivity index (χ1) is 16.7. The maximum Gasteiger partial charge on any atom is 0.263 e. The van der Waals surface area contributed by atoms with Crippen molar-refractivity contribution in [3.05, 3.63) is 56.8 Å². The number of hydrogen-bond acceptors (Lipinski definition) is 8. The molecule has 0 spiro atoms. The average Bonchev–Trinajstić information content (AvgIpc) is 3.60. The van der Waals surface area contributed by atoms with Crippen molar-refractivity contribution >= 4 is 33.3 Å². The Morgan fingerprint density at radius 1 is 1.15 bits per heavy atom. The van der Waals surface area contributed by atoms with Gasteiger partial charge in [-0.15, -0.1) is 11.3 Å². The molecule has 1 aliphatic carbocycles. The predicted molar refractivity (Wildman–Crippen MR) is 129 cm³/mol. The van der Waals surface area contributed by atoms with Crippen LogP contribution in [-0.2, 0) is 29.9 Å². The van der Waals surface area contributed by atoms with Crippen molar-refractivity contribution in [1.82, 2.24) is 19.7 Å². The van der Waals surface area contributed by atoms with Crippen LogP contribution in [0.2, 0.25) is 0 Å². The number of thioether (sulfide) groups is 1. The summed E-state index contributed by atoms with van der Waals surface area (Å²) in [6.07, 6.45) is 6.25. The van der Waals surface area contributed by atoms with Crippen LogP contribution in [-0.4, -0.2) is 32.4 Å². The van der Waals surface area contributed by atoms with Gasteiger partial charge in [-0.2, -0.15) is 4.98 Å². The molecule has 1 unspecified atom stereocenters. The standard InChI is InChI=1S/C24H23FN4O3S2/c25-15-9-7-14(8-10-15)21-26-19(32-28-21)13-33-24-27-22-20(17-5-1-2-6-18(17)34-22)23(30)29(24)12-16-4-3-11-31-16/h7-10,16H,1-6,11-13H2. The number of benzene rings is 1. The Morgan fingerprint density at radius 2 is 2.00 bits per heavy atom. The molecule has 1 aromatic carbocycles. The molecule has 6 rings (SSSR count). The second-order valence-corrected chi connectivity index (χ2v) is 10.7. The summed E-state index contributed by atoms with van der Waals surface area (Å²) < 4.78 is 26.2. The molecule has 4 aromatic rings. The number of thiophene rings is 1. The third kappa shape index (κ3) is 4.18. The Kier molecular flexibility index (Phi) is 5.96. The zero-order valence-corrected chi connectivity index (χ0v) is 20.1. The van der Waals surface area contributed by atoms with Crippen LogP contribution in [0.4, 0.5) is 4.39 Å². The summed E-state index contributed by atoms with van der Waals surface area (Å²) in [6.45, 7) is 1.24. The van der Waals surface area contributed by atoms with Crippen molar-refractivity contribution in [2.45, 2.75) is 62.1 Å². The smallest absolute Gasteiger partial charge is 0.263 e. The normalized spacial score (nSPS) is 18.0. The number of aryl methyl sites for hydroxylation is 2. The maximum atomic E-state index is 13.7. The van der Waals surface area contributed by atoms with E-state index in [1.54, 1.807) is 28.0 Å². The predicted octanol–water partition coefficient (Wildman–Crippen LogP) is 5.00. The summed E-state index contributed by atoms with van der Waals surface area (Å²) >= 11 is 3.07. The lowest BCUT2D eigenvalue weighted by molar-refractivity contribution is 0.0937. The highest BCUT2D eigenvalue weighted by Gasteiger charge is 2.25. The molecule has 1 fully saturated rings. The average molecular weight is 499 g/mol. The van der Waals surface area contributed by atoms with Gasteiger partial charge in [-0.3, -0.25) is 9.36 Å². The van der Waals surface area contributed by atoms with E-state index in [0.29, 0.717) is 34.7 Å². The molecule has 1 aliphatic heterocycles. The van der Waals surface area contributed by atoms with E-state index in [9.17, 15) is 9.18 Å². The first-order valence-electron chi connectivity index (χ1n) is 11.5. The highest BCUT2D eigenvalue weighted by molar-refractivity contribution is 7.98. The molecule has 0 radical (unpaired) electrons. The van der Waals surface area contributed by atoms with Crippen LogP contribution in [0.25, 0.3) is 21.6 Å². The second kappa shape index (κ2) is 9.24. The monoisotopic (exact) mass is 498 g/mol. The zero-order valence-electron chi connectivity index (χ0n) is 18.5. The molecule has 1 saturated heterocycles. The molecule has 0 amide bonds. The number of halogens is 1. The van der Waals surface area contributed by atoms with Gasteiger partial charge in [0.15, 0.2) is 5.16 Å². The number of ether oxygens (including phenoxy) is 1. The van der Waals surface area contributed by atoms with E-state index in [2.05, 4.69) is 10.1 Å². The second-order valence-electron chi connectivity index (χ2n) is 8.64. The molecular formula is C24H23FN4O3S2. The summed E-state index contributed by atoms with van der Waals surface area (Å²) in [7, 11) is 0. The molecule has 0 bridgehead atoms. The van der Waals surface area contributed by atoms with E-state index in [4.69, 9.17) is 14.2 Å². The van der Waals surface area contributed by atoms with Gasteiger partial charge < -0.3 is 9.26 Å². The minimum Gasteiger partial charge on any atom is -0.376 e. The Morgan fingerprint density at radius 3 is 2.82 bits per heavy atom. The minimum atomic E-state index is -0.316. The van der Waals surface area contributed by atoms with Crippen molar-refractivity contribution in [1.29, 1.82) is 0 Å². The van der Waals surface area contributed by atoms with Crippen molar-refractivity contribution in [3.8, 4) is 11.4 Å². The van der Waals surface area contributed by atoms with Gasteiger partial charge in [0.05, 0.1) is 23.8 Å². The molecule has 34 heavy (non-hydrogen) atoms. The molecule has 1 atom stereocenters. The Hall–Kier alpha value is -2.56. The third-order valence-electron chi connectivity index (χ3n) is 6.35. The van der Waals surface area contributed by atoms with E-state index in [-0.39, 0.29) is 17.5 Å². The van der Waals surface area contributed by atoms with Gasteiger partial charge >= 0.3 is 0 Å². The van der Waals surface area contributed by atoms with Crippen molar-refractivity contribution in [2.75, 3.05) is 6.61 Å². The van der Waals surface area contributed by atoms with E-state index < -0.39 is 0 Å². The summed E-state index contributed by atoms with van der Waals surface area (Å²) in [6, 6.07) is 5.96. The van der Waals surface area contributed by atoms with Crippen molar-refractivity contribution in [3.63, 3.8) is 0 Å². The quantitative estimate of drug-likeness (QED) is 0.273. The number of nitrogens with zero attached hydrogens (tertiary/aromatic N) is 4. The van der Waals surface area contributed by atoms with Crippen LogP contribution >= 0.6 is 23.1 Å². The lowest BCUT2D eigenvalue weighted by Gasteiger charge is -2.16. The van der Waals surface area contributed by atoms with Gasteiger partial charge in [-0.05, 0) is 68.4 Å². The molecule has 176 valence electrons. The highest BCUT2D eigenvalue weighted by Crippen LogP contribution is 2.35. The fourth-order valence-corrected chi connectivity index (χ4v) is 6.79. The van der Waals surface area contributed by atoms with E-state index >= 15 is 0 Å². The molecule has 10 heteroatoms. The number of rotatable bonds is 6. The van der Waals surface area contributed by atoms with E-state index in [1.165, 1.54) is 40.8 Å².